The van der Waals surface area contributed by atoms with Gasteiger partial charge in [0.2, 0.25) is 5.91 Å². The molecule has 8 rings (SSSR count). The number of carboxylic acid groups (broad SMARTS) is 1. The van der Waals surface area contributed by atoms with E-state index < -0.39 is 45.9 Å². The van der Waals surface area contributed by atoms with Crippen molar-refractivity contribution in [3.05, 3.63) is 129 Å². The molecular weight excluding hydrogens is 1060 g/mol. The molecule has 19 heteroatoms. The van der Waals surface area contributed by atoms with Gasteiger partial charge in [0.05, 0.1) is 22.0 Å². The number of hydrogen-bond donors (Lipinski definition) is 1. The molecular formula is C59H74Cl2F6N4O7. The van der Waals surface area contributed by atoms with Gasteiger partial charge in [0.15, 0.2) is 0 Å². The van der Waals surface area contributed by atoms with Crippen LogP contribution >= 0.6 is 23.2 Å². The molecule has 4 fully saturated rings. The third-order valence-corrected chi connectivity index (χ3v) is 15.5. The Morgan fingerprint density at radius 2 is 0.962 bits per heavy atom. The van der Waals surface area contributed by atoms with Crippen molar-refractivity contribution in [3.8, 4) is 11.5 Å². The highest BCUT2D eigenvalue weighted by atomic mass is 35.5. The summed E-state index contributed by atoms with van der Waals surface area (Å²) in [5, 5.41) is 10.5. The number of alkyl halides is 6. The zero-order valence-corrected chi connectivity index (χ0v) is 47.1. The van der Waals surface area contributed by atoms with Crippen LogP contribution in [0.3, 0.4) is 0 Å². The number of carbonyl (C=O) groups excluding carboxylic acids is 2. The Hall–Kier alpha value is -5.23. The molecule has 4 atom stereocenters. The fraction of sp³-hybridized carbons (Fsp3) is 0.542. The van der Waals surface area contributed by atoms with Gasteiger partial charge in [0.1, 0.15) is 29.3 Å². The summed E-state index contributed by atoms with van der Waals surface area (Å²) in [4.78, 5) is 45.0. The molecule has 0 spiro atoms. The van der Waals surface area contributed by atoms with Crippen molar-refractivity contribution >= 4 is 41.2 Å². The Balaban J connectivity index is 0.000000205. The first-order valence-corrected chi connectivity index (χ1v) is 27.3. The molecule has 78 heavy (non-hydrogen) atoms. The van der Waals surface area contributed by atoms with Crippen LogP contribution in [0, 0.1) is 11.8 Å². The van der Waals surface area contributed by atoms with Crippen molar-refractivity contribution in [2.75, 3.05) is 67.5 Å². The van der Waals surface area contributed by atoms with Crippen LogP contribution in [0.1, 0.15) is 107 Å². The van der Waals surface area contributed by atoms with E-state index >= 15 is 0 Å². The zero-order valence-electron chi connectivity index (χ0n) is 45.6. The summed E-state index contributed by atoms with van der Waals surface area (Å²) in [6.45, 7) is 9.09. The number of amides is 2. The molecule has 2 aliphatic carbocycles. The first kappa shape index (κ1) is 62.0. The van der Waals surface area contributed by atoms with Gasteiger partial charge in [-0.3, -0.25) is 9.59 Å². The van der Waals surface area contributed by atoms with Crippen LogP contribution in [-0.2, 0) is 37.5 Å². The van der Waals surface area contributed by atoms with E-state index in [9.17, 15) is 45.8 Å². The number of carbonyl (C=O) groups is 3. The van der Waals surface area contributed by atoms with Crippen molar-refractivity contribution in [3.63, 3.8) is 0 Å². The highest BCUT2D eigenvalue weighted by Gasteiger charge is 2.49. The molecule has 1 N–H and O–H groups in total. The molecule has 0 radical (unpaired) electrons. The van der Waals surface area contributed by atoms with Crippen LogP contribution in [0.2, 0.25) is 10.0 Å². The van der Waals surface area contributed by atoms with Gasteiger partial charge in [-0.05, 0) is 184 Å². The molecule has 2 saturated carbocycles. The maximum Gasteiger partial charge on any atom is 0.416 e. The molecule has 0 aromatic heterocycles. The van der Waals surface area contributed by atoms with Gasteiger partial charge in [-0.1, -0.05) is 60.3 Å². The minimum atomic E-state index is -4.38. The van der Waals surface area contributed by atoms with Gasteiger partial charge in [-0.15, -0.1) is 0 Å². The molecule has 2 saturated heterocycles. The summed E-state index contributed by atoms with van der Waals surface area (Å²) in [5.74, 6) is 0.379. The van der Waals surface area contributed by atoms with Gasteiger partial charge < -0.3 is 38.9 Å². The van der Waals surface area contributed by atoms with E-state index in [4.69, 9.17) is 37.4 Å². The lowest BCUT2D eigenvalue weighted by molar-refractivity contribution is -0.147. The fourth-order valence-electron chi connectivity index (χ4n) is 10.5. The largest absolute Gasteiger partial charge is 0.489 e. The van der Waals surface area contributed by atoms with Crippen LogP contribution in [0.5, 0.6) is 11.5 Å². The molecule has 4 aliphatic rings. The van der Waals surface area contributed by atoms with Gasteiger partial charge in [-0.2, -0.15) is 26.3 Å². The molecule has 428 valence electrons. The van der Waals surface area contributed by atoms with Gasteiger partial charge >= 0.3 is 24.4 Å². The maximum absolute atomic E-state index is 13.8. The van der Waals surface area contributed by atoms with Gasteiger partial charge in [-0.25, -0.2) is 4.79 Å². The van der Waals surface area contributed by atoms with Crippen LogP contribution in [-0.4, -0.2) is 128 Å². The lowest BCUT2D eigenvalue weighted by Gasteiger charge is -2.46. The van der Waals surface area contributed by atoms with Crippen LogP contribution in [0.4, 0.5) is 31.1 Å². The van der Waals surface area contributed by atoms with Crippen molar-refractivity contribution in [2.24, 2.45) is 11.8 Å². The lowest BCUT2D eigenvalue weighted by atomic mass is 9.63. The van der Waals surface area contributed by atoms with Crippen molar-refractivity contribution in [1.29, 1.82) is 0 Å². The number of likely N-dealkylation sites (N-methyl/N-ethyl adjacent to an activating group) is 2. The minimum absolute atomic E-state index is 0.0564. The number of likely N-dealkylation sites (tertiary alicyclic amines) is 2. The highest BCUT2D eigenvalue weighted by Crippen LogP contribution is 2.47. The normalized spacial score (nSPS) is 19.9. The quantitative estimate of drug-likeness (QED) is 0.123. The van der Waals surface area contributed by atoms with E-state index in [0.29, 0.717) is 60.8 Å². The Bertz CT molecular complexity index is 2570. The Morgan fingerprint density at radius 3 is 1.29 bits per heavy atom. The number of nitrogens with zero attached hydrogens (tertiary/aromatic N) is 4. The maximum atomic E-state index is 13.8. The number of benzene rings is 4. The average molecular weight is 1140 g/mol. The molecule has 4 aromatic rings. The van der Waals surface area contributed by atoms with E-state index in [2.05, 4.69) is 0 Å². The van der Waals surface area contributed by atoms with E-state index in [1.165, 1.54) is 24.3 Å². The predicted octanol–water partition coefficient (Wildman–Crippen LogP) is 13.5. The summed E-state index contributed by atoms with van der Waals surface area (Å²) < 4.78 is 95.0. The minimum Gasteiger partial charge on any atom is -0.489 e. The van der Waals surface area contributed by atoms with Crippen LogP contribution < -0.4 is 9.47 Å². The van der Waals surface area contributed by atoms with E-state index in [1.54, 1.807) is 17.0 Å². The molecule has 0 bridgehead atoms. The number of rotatable bonds is 14. The Labute approximate surface area is 465 Å². The average Bonchev–Trinajstić information content (AvgIpc) is 3.36. The van der Waals surface area contributed by atoms with Crippen molar-refractivity contribution in [2.45, 2.75) is 126 Å². The topological polar surface area (TPSA) is 112 Å². The van der Waals surface area contributed by atoms with Crippen molar-refractivity contribution < 1.29 is 60.0 Å². The summed E-state index contributed by atoms with van der Waals surface area (Å²) in [6, 6.07) is 24.3. The second kappa shape index (κ2) is 26.4. The van der Waals surface area contributed by atoms with Crippen LogP contribution in [0.15, 0.2) is 97.1 Å². The molecule has 0 unspecified atom stereocenters. The Kier molecular flexibility index (Phi) is 20.9. The summed E-state index contributed by atoms with van der Waals surface area (Å²) >= 11 is 11.8. The number of ether oxygens (including phenoxy) is 3. The van der Waals surface area contributed by atoms with Gasteiger partial charge in [0, 0.05) is 61.1 Å². The number of aliphatic carboxylic acids is 1. The van der Waals surface area contributed by atoms with E-state index in [0.717, 1.165) is 99.6 Å². The first-order chi connectivity index (χ1) is 36.6. The molecule has 4 aromatic carbocycles. The Morgan fingerprint density at radius 1 is 0.590 bits per heavy atom. The van der Waals surface area contributed by atoms with Crippen LogP contribution in [0.25, 0.3) is 0 Å². The molecule has 11 nitrogen and oxygen atoms in total. The van der Waals surface area contributed by atoms with E-state index in [-0.39, 0.29) is 36.0 Å². The molecule has 2 heterocycles. The number of hydrogen-bond acceptors (Lipinski definition) is 8. The summed E-state index contributed by atoms with van der Waals surface area (Å²) in [5.41, 5.74) is -1.20. The first-order valence-electron chi connectivity index (χ1n) is 26.6. The zero-order chi connectivity index (χ0) is 57.2. The smallest absolute Gasteiger partial charge is 0.416 e. The highest BCUT2D eigenvalue weighted by molar-refractivity contribution is 6.30. The molecule has 2 aliphatic heterocycles. The van der Waals surface area contributed by atoms with E-state index in [1.807, 2.05) is 100 Å². The van der Waals surface area contributed by atoms with Gasteiger partial charge in [0.25, 0.3) is 0 Å². The summed E-state index contributed by atoms with van der Waals surface area (Å²) in [7, 11) is 7.71. The molecule has 2 amide bonds. The second-order valence-corrected chi connectivity index (χ2v) is 23.4. The fourth-order valence-corrected chi connectivity index (χ4v) is 10.8. The third-order valence-electron chi connectivity index (χ3n) is 15.0. The second-order valence-electron chi connectivity index (χ2n) is 22.6. The number of halogens is 8. The predicted molar refractivity (Wildman–Crippen MR) is 290 cm³/mol. The number of piperidine rings is 2. The standard InChI is InChI=1S/C27H32ClF3N2O2.C21H31F3N2O3.C11H11ClO2/c1-32(2)18-24(35-23-12-8-21(9-13-23)27(29,30)31)19-5-3-16-33(17-19)25(34)26(14-4-15-26)20-6-10-22(28)11-7-20;1-20(2,3)29-19(27)26-12-6-7-15(13-26)18(14-25(4)5)28-17-10-8-16(9-11-17)21(22,23)24;12-9-4-2-8(3-5-9)11(10(13)14)6-1-7-11/h6-13,19,24H,3-5,14-18H2,1-2H3;8-11,15,18H,6-7,12-14H2,1-5H3;2-5H,1,6-7H2,(H,13,14)/t19-,24-;15-,18-;/m11./s1. The summed E-state index contributed by atoms with van der Waals surface area (Å²) in [6.07, 6.45) is -0.985. The monoisotopic (exact) mass is 1130 g/mol. The SMILES string of the molecule is CN(C)C[C@@H](Oc1ccc(C(F)(F)F)cc1)[C@@H]1CCCN(C(=O)C2(c3ccc(Cl)cc3)CCC2)C1.CN(C)C[C@@H](Oc1ccc(C(F)(F)F)cc1)[C@@H]1CCCN(C(=O)OC(C)(C)C)C1.O=C(O)C1(c2ccc(Cl)cc2)CCC1. The lowest BCUT2D eigenvalue weighted by Crippen LogP contribution is -2.55. The van der Waals surface area contributed by atoms with Crippen molar-refractivity contribution in [1.82, 2.24) is 19.6 Å². The third kappa shape index (κ3) is 16.7. The number of carboxylic acids is 1.